The molecule has 1 saturated heterocycles. The summed E-state index contributed by atoms with van der Waals surface area (Å²) in [5.74, 6) is 0.288. The Hall–Kier alpha value is -2.60. The molecule has 3 fully saturated rings. The molecule has 1 aliphatic heterocycles. The zero-order valence-corrected chi connectivity index (χ0v) is 18.8. The number of halogens is 2. The molecular formula is C27H29F2N3O. The number of likely N-dealkylation sites (tertiary alicyclic amines) is 1. The maximum Gasteiger partial charge on any atom is 0.270 e. The van der Waals surface area contributed by atoms with Crippen molar-refractivity contribution >= 4 is 0 Å². The number of rotatable bonds is 5. The predicted molar refractivity (Wildman–Crippen MR) is 122 cm³/mol. The first kappa shape index (κ1) is 21.0. The van der Waals surface area contributed by atoms with Gasteiger partial charge in [0.15, 0.2) is 0 Å². The highest BCUT2D eigenvalue weighted by Crippen LogP contribution is 2.59. The Morgan fingerprint density at radius 3 is 2.33 bits per heavy atom. The highest BCUT2D eigenvalue weighted by molar-refractivity contribution is 5.54. The Morgan fingerprint density at radius 1 is 0.909 bits per heavy atom. The van der Waals surface area contributed by atoms with Crippen LogP contribution < -0.4 is 0 Å². The summed E-state index contributed by atoms with van der Waals surface area (Å²) in [5, 5.41) is 8.46. The number of hydrogen-bond acceptors (Lipinski definition) is 4. The van der Waals surface area contributed by atoms with Crippen LogP contribution in [0.5, 0.6) is 0 Å². The minimum atomic E-state index is -2.89. The zero-order valence-electron chi connectivity index (χ0n) is 18.8. The van der Waals surface area contributed by atoms with E-state index in [1.807, 2.05) is 0 Å². The number of fused-ring (bicyclic) bond motifs is 1. The van der Waals surface area contributed by atoms with Crippen LogP contribution in [0.2, 0.25) is 0 Å². The lowest BCUT2D eigenvalue weighted by Gasteiger charge is -2.36. The molecule has 0 N–H and O–H groups in total. The fourth-order valence-electron chi connectivity index (χ4n) is 6.13. The van der Waals surface area contributed by atoms with E-state index in [-0.39, 0.29) is 5.56 Å². The lowest BCUT2D eigenvalue weighted by atomic mass is 9.81. The van der Waals surface area contributed by atoms with E-state index in [2.05, 4.69) is 45.4 Å². The molecule has 2 saturated carbocycles. The van der Waals surface area contributed by atoms with Crippen LogP contribution in [0.15, 0.2) is 59.0 Å². The first-order chi connectivity index (χ1) is 16.0. The molecule has 3 aliphatic rings. The molecule has 4 nitrogen and oxygen atoms in total. The van der Waals surface area contributed by atoms with Gasteiger partial charge in [-0.3, -0.25) is 4.90 Å². The summed E-state index contributed by atoms with van der Waals surface area (Å²) >= 11 is 0. The molecule has 0 amide bonds. The highest BCUT2D eigenvalue weighted by atomic mass is 19.3. The summed E-state index contributed by atoms with van der Waals surface area (Å²) in [6.45, 7) is 3.10. The van der Waals surface area contributed by atoms with Gasteiger partial charge in [0.25, 0.3) is 5.92 Å². The molecule has 0 spiro atoms. The van der Waals surface area contributed by atoms with E-state index in [9.17, 15) is 8.78 Å². The molecule has 3 aromatic rings. The van der Waals surface area contributed by atoms with E-state index in [0.29, 0.717) is 47.1 Å². The van der Waals surface area contributed by atoms with Crippen LogP contribution in [0.4, 0.5) is 8.78 Å². The van der Waals surface area contributed by atoms with E-state index in [4.69, 9.17) is 4.42 Å². The van der Waals surface area contributed by atoms with Gasteiger partial charge in [-0.2, -0.15) is 0 Å². The molecular weight excluding hydrogens is 420 g/mol. The van der Waals surface area contributed by atoms with Crippen molar-refractivity contribution < 1.29 is 13.2 Å². The summed E-state index contributed by atoms with van der Waals surface area (Å²) in [6.07, 6.45) is 5.08. The van der Waals surface area contributed by atoms with Crippen LogP contribution in [0.25, 0.3) is 11.5 Å². The molecule has 0 radical (unpaired) electrons. The van der Waals surface area contributed by atoms with Crippen molar-refractivity contribution in [2.45, 2.75) is 56.4 Å². The molecule has 2 heterocycles. The van der Waals surface area contributed by atoms with Gasteiger partial charge in [0, 0.05) is 43.1 Å². The second kappa shape index (κ2) is 8.01. The van der Waals surface area contributed by atoms with Crippen molar-refractivity contribution in [3.8, 4) is 11.5 Å². The van der Waals surface area contributed by atoms with Crippen LogP contribution in [0.1, 0.15) is 61.5 Å². The molecule has 172 valence electrons. The average Bonchev–Trinajstić information content (AvgIpc) is 3.19. The number of hydrogen-bond donors (Lipinski definition) is 0. The third-order valence-corrected chi connectivity index (χ3v) is 8.05. The largest absolute Gasteiger partial charge is 0.420 e. The first-order valence-corrected chi connectivity index (χ1v) is 12.1. The maximum absolute atomic E-state index is 13.7. The van der Waals surface area contributed by atoms with Crippen LogP contribution in [-0.2, 0) is 5.92 Å². The number of benzene rings is 2. The van der Waals surface area contributed by atoms with Gasteiger partial charge >= 0.3 is 0 Å². The summed E-state index contributed by atoms with van der Waals surface area (Å²) in [6, 6.07) is 17.8. The lowest BCUT2D eigenvalue weighted by Crippen LogP contribution is -2.38. The smallest absolute Gasteiger partial charge is 0.270 e. The Kier molecular flexibility index (Phi) is 5.09. The van der Waals surface area contributed by atoms with Gasteiger partial charge in [-0.25, -0.2) is 8.78 Å². The van der Waals surface area contributed by atoms with Crippen LogP contribution in [0.3, 0.4) is 0 Å². The third-order valence-electron chi connectivity index (χ3n) is 8.05. The Morgan fingerprint density at radius 2 is 1.64 bits per heavy atom. The molecule has 1 aromatic heterocycles. The van der Waals surface area contributed by atoms with Gasteiger partial charge in [0.1, 0.15) is 0 Å². The Labute approximate surface area is 193 Å². The molecule has 2 aliphatic carbocycles. The zero-order chi connectivity index (χ0) is 22.6. The van der Waals surface area contributed by atoms with E-state index in [0.717, 1.165) is 20.0 Å². The second-order valence-electron chi connectivity index (χ2n) is 10.1. The average molecular weight is 450 g/mol. The maximum atomic E-state index is 13.7. The third kappa shape index (κ3) is 3.99. The normalized spacial score (nSPS) is 29.7. The van der Waals surface area contributed by atoms with E-state index in [1.165, 1.54) is 43.4 Å². The van der Waals surface area contributed by atoms with Crippen LogP contribution >= 0.6 is 0 Å². The standard InChI is InChI=1S/C27H29F2N3O/c1-27(28,29)20-9-5-8-19(14-20)25-30-31-26(33-25)24-22-15-32(16-23(22)24)21-12-10-18(11-13-21)17-6-3-2-4-7-17/h2-9,14,18,21-24H,10-13,15-16H2,1H3/t18?,21?,22-,23+,24?. The van der Waals surface area contributed by atoms with Gasteiger partial charge in [0.05, 0.1) is 0 Å². The van der Waals surface area contributed by atoms with Crippen molar-refractivity contribution in [3.63, 3.8) is 0 Å². The van der Waals surface area contributed by atoms with E-state index >= 15 is 0 Å². The summed E-state index contributed by atoms with van der Waals surface area (Å²) in [5.41, 5.74) is 2.00. The lowest BCUT2D eigenvalue weighted by molar-refractivity contribution is 0.0175. The minimum absolute atomic E-state index is 0.0410. The van der Waals surface area contributed by atoms with Crippen molar-refractivity contribution in [2.75, 3.05) is 13.1 Å². The molecule has 0 bridgehead atoms. The van der Waals surface area contributed by atoms with Crippen LogP contribution in [-0.4, -0.2) is 34.2 Å². The van der Waals surface area contributed by atoms with E-state index in [1.54, 1.807) is 12.1 Å². The minimum Gasteiger partial charge on any atom is -0.420 e. The van der Waals surface area contributed by atoms with Gasteiger partial charge in [-0.15, -0.1) is 10.2 Å². The SMILES string of the molecule is CC(F)(F)c1cccc(-c2nnc(C3[C@H]4CN(C5CCC(c6ccccc6)CC5)C[C@@H]34)o2)c1. The monoisotopic (exact) mass is 449 g/mol. The number of piperidine rings is 1. The van der Waals surface area contributed by atoms with Crippen molar-refractivity contribution in [3.05, 3.63) is 71.6 Å². The van der Waals surface area contributed by atoms with Crippen molar-refractivity contribution in [1.82, 2.24) is 15.1 Å². The number of nitrogens with zero attached hydrogens (tertiary/aromatic N) is 3. The van der Waals surface area contributed by atoms with Crippen LogP contribution in [0, 0.1) is 11.8 Å². The fourth-order valence-corrected chi connectivity index (χ4v) is 6.13. The Bertz CT molecular complexity index is 1110. The topological polar surface area (TPSA) is 42.2 Å². The van der Waals surface area contributed by atoms with Crippen molar-refractivity contribution in [1.29, 1.82) is 0 Å². The molecule has 1 unspecified atom stereocenters. The molecule has 3 atom stereocenters. The van der Waals surface area contributed by atoms with Gasteiger partial charge in [-0.1, -0.05) is 42.5 Å². The van der Waals surface area contributed by atoms with Gasteiger partial charge < -0.3 is 4.42 Å². The molecule has 33 heavy (non-hydrogen) atoms. The highest BCUT2D eigenvalue weighted by Gasteiger charge is 2.59. The summed E-state index contributed by atoms with van der Waals surface area (Å²) in [7, 11) is 0. The quantitative estimate of drug-likeness (QED) is 0.464. The van der Waals surface area contributed by atoms with Gasteiger partial charge in [-0.05, 0) is 61.1 Å². The van der Waals surface area contributed by atoms with Crippen molar-refractivity contribution in [2.24, 2.45) is 11.8 Å². The summed E-state index contributed by atoms with van der Waals surface area (Å²) < 4.78 is 33.3. The predicted octanol–water partition coefficient (Wildman–Crippen LogP) is 6.22. The number of alkyl halides is 2. The fraction of sp³-hybridized carbons (Fsp3) is 0.481. The van der Waals surface area contributed by atoms with E-state index < -0.39 is 5.92 Å². The number of aromatic nitrogens is 2. The van der Waals surface area contributed by atoms with Gasteiger partial charge in [0.2, 0.25) is 11.8 Å². The Balaban J connectivity index is 1.06. The molecule has 6 rings (SSSR count). The summed E-state index contributed by atoms with van der Waals surface area (Å²) in [4.78, 5) is 2.68. The second-order valence-corrected chi connectivity index (χ2v) is 10.1. The first-order valence-electron chi connectivity index (χ1n) is 12.1. The molecule has 2 aromatic carbocycles. The molecule has 6 heteroatoms.